The summed E-state index contributed by atoms with van der Waals surface area (Å²) in [7, 11) is 3.75. The van der Waals surface area contributed by atoms with Gasteiger partial charge in [0, 0.05) is 30.4 Å². The number of nitrogens with zero attached hydrogens (tertiary/aromatic N) is 3. The fourth-order valence-corrected chi connectivity index (χ4v) is 6.10. The van der Waals surface area contributed by atoms with Gasteiger partial charge in [-0.15, -0.1) is 0 Å². The van der Waals surface area contributed by atoms with Gasteiger partial charge in [-0.1, -0.05) is 89.9 Å². The highest BCUT2D eigenvalue weighted by molar-refractivity contribution is 5.73. The summed E-state index contributed by atoms with van der Waals surface area (Å²) in [6.45, 7) is 28.0. The van der Waals surface area contributed by atoms with Gasteiger partial charge in [-0.25, -0.2) is 0 Å². The van der Waals surface area contributed by atoms with Crippen molar-refractivity contribution in [3.63, 3.8) is 0 Å². The molecule has 0 saturated carbocycles. The molecular weight excluding hydrogens is 566 g/mol. The summed E-state index contributed by atoms with van der Waals surface area (Å²) in [5.74, 6) is 0.591. The number of aryl methyl sites for hydroxylation is 2. The smallest absolute Gasteiger partial charge is 0.138 e. The number of rotatable bonds is 7. The zero-order valence-corrected chi connectivity index (χ0v) is 30.7. The van der Waals surface area contributed by atoms with Gasteiger partial charge in [-0.3, -0.25) is 14.8 Å². The molecule has 5 rings (SSSR count). The summed E-state index contributed by atoms with van der Waals surface area (Å²) in [6.07, 6.45) is 11.3. The second-order valence-corrected chi connectivity index (χ2v) is 13.4. The Labute approximate surface area is 282 Å². The molecule has 46 heavy (non-hydrogen) atoms. The van der Waals surface area contributed by atoms with E-state index in [1.54, 1.807) is 19.2 Å². The molecule has 0 bridgehead atoms. The van der Waals surface area contributed by atoms with Gasteiger partial charge < -0.3 is 15.7 Å². The molecule has 0 amide bonds. The predicted molar refractivity (Wildman–Crippen MR) is 199 cm³/mol. The molecule has 1 atom stereocenters. The first-order valence-electron chi connectivity index (χ1n) is 17.6. The van der Waals surface area contributed by atoms with E-state index in [2.05, 4.69) is 104 Å². The molecule has 1 aliphatic carbocycles. The third-order valence-corrected chi connectivity index (χ3v) is 9.07. The Morgan fingerprint density at radius 2 is 1.54 bits per heavy atom. The lowest BCUT2D eigenvalue weighted by atomic mass is 9.78. The number of allylic oxidation sites excluding steroid dienone is 2. The summed E-state index contributed by atoms with van der Waals surface area (Å²) < 4.78 is 0. The minimum Gasteiger partial charge on any atom is -0.506 e. The van der Waals surface area contributed by atoms with Crippen LogP contribution in [0.4, 0.5) is 5.69 Å². The lowest BCUT2D eigenvalue weighted by Crippen LogP contribution is -2.49. The minimum atomic E-state index is 0.190. The Hall–Kier alpha value is -2.93. The number of nitrogens with one attached hydrogen (secondary N) is 2. The van der Waals surface area contributed by atoms with E-state index in [-0.39, 0.29) is 5.75 Å². The van der Waals surface area contributed by atoms with E-state index in [1.165, 1.54) is 81.3 Å². The van der Waals surface area contributed by atoms with Crippen LogP contribution in [0.25, 0.3) is 0 Å². The third kappa shape index (κ3) is 12.0. The van der Waals surface area contributed by atoms with Gasteiger partial charge in [0.15, 0.2) is 0 Å². The van der Waals surface area contributed by atoms with Crippen LogP contribution in [0.5, 0.6) is 5.75 Å². The van der Waals surface area contributed by atoms with Crippen molar-refractivity contribution in [1.29, 1.82) is 0 Å². The number of aromatic nitrogens is 1. The van der Waals surface area contributed by atoms with Gasteiger partial charge in [0.05, 0.1) is 17.6 Å². The Kier molecular flexibility index (Phi) is 17.4. The summed E-state index contributed by atoms with van der Waals surface area (Å²) in [4.78, 5) is 9.55. The summed E-state index contributed by atoms with van der Waals surface area (Å²) >= 11 is 0. The lowest BCUT2D eigenvalue weighted by Gasteiger charge is -2.43. The quantitative estimate of drug-likeness (QED) is 0.283. The van der Waals surface area contributed by atoms with Crippen LogP contribution in [0.1, 0.15) is 96.4 Å². The van der Waals surface area contributed by atoms with Crippen molar-refractivity contribution >= 4 is 5.69 Å². The number of aromatic hydroxyl groups is 1. The van der Waals surface area contributed by atoms with Crippen molar-refractivity contribution < 1.29 is 5.11 Å². The maximum absolute atomic E-state index is 9.64. The molecule has 1 unspecified atom stereocenters. The zero-order chi connectivity index (χ0) is 34.2. The number of piperidine rings is 2. The summed E-state index contributed by atoms with van der Waals surface area (Å²) in [6, 6.07) is 12.4. The third-order valence-electron chi connectivity index (χ3n) is 9.07. The number of likely N-dealkylation sites (tertiary alicyclic amines) is 2. The molecule has 1 aromatic carbocycles. The number of anilines is 1. The van der Waals surface area contributed by atoms with Crippen LogP contribution in [0, 0.1) is 19.8 Å². The van der Waals surface area contributed by atoms with Gasteiger partial charge in [0.25, 0.3) is 0 Å². The Morgan fingerprint density at radius 3 is 2.07 bits per heavy atom. The topological polar surface area (TPSA) is 63.7 Å². The summed E-state index contributed by atoms with van der Waals surface area (Å²) in [5.41, 5.74) is 8.34. The highest BCUT2D eigenvalue weighted by atomic mass is 16.3. The number of unbranched alkanes of at least 4 members (excludes halogenated alkanes) is 1. The molecule has 2 aromatic rings. The lowest BCUT2D eigenvalue weighted by molar-refractivity contribution is 0.0555. The van der Waals surface area contributed by atoms with Crippen molar-refractivity contribution in [1.82, 2.24) is 20.1 Å². The SMILES string of the molecule is C=C1C(=C)C(C(C)C)=C1Nc1cnc(C)c(O)c1.CCCC.CNC.Cc1ccc(CN2CCC(N3CCCCC3C)CC2)cc1. The second kappa shape index (κ2) is 20.3. The van der Waals surface area contributed by atoms with Gasteiger partial charge in [-0.05, 0) is 108 Å². The van der Waals surface area contributed by atoms with Gasteiger partial charge in [0.1, 0.15) is 5.75 Å². The minimum absolute atomic E-state index is 0.190. The first-order chi connectivity index (χ1) is 22.0. The first-order valence-corrected chi connectivity index (χ1v) is 17.6. The summed E-state index contributed by atoms with van der Waals surface area (Å²) in [5, 5.41) is 15.6. The number of hydrogen-bond donors (Lipinski definition) is 3. The molecule has 256 valence electrons. The average molecular weight is 632 g/mol. The van der Waals surface area contributed by atoms with Crippen molar-refractivity contribution in [2.24, 2.45) is 5.92 Å². The van der Waals surface area contributed by atoms with E-state index in [4.69, 9.17) is 0 Å². The van der Waals surface area contributed by atoms with E-state index in [0.29, 0.717) is 11.6 Å². The molecule has 0 radical (unpaired) electrons. The monoisotopic (exact) mass is 632 g/mol. The van der Waals surface area contributed by atoms with Gasteiger partial charge >= 0.3 is 0 Å². The maximum atomic E-state index is 9.64. The molecule has 2 aliphatic heterocycles. The molecule has 6 nitrogen and oxygen atoms in total. The second-order valence-electron chi connectivity index (χ2n) is 13.4. The Bertz CT molecular complexity index is 1240. The normalized spacial score (nSPS) is 18.9. The standard InChI is InChI=1S/C19H30N2.C15H18N2O.C4H10.C2H7N/c1-16-6-8-18(9-7-16)15-20-13-10-19(11-14-20)21-12-4-3-5-17(21)2;1-8(2)14-9(3)10(4)15(14)17-12-6-13(18)11(5)16-7-12;1-3-4-2;1-3-2/h6-9,17,19H,3-5,10-15H2,1-2H3;6-8,17-18H,3-4H2,1-2,5H3;3-4H2,1-2H3;3H,1-2H3. The van der Waals surface area contributed by atoms with Crippen molar-refractivity contribution in [2.45, 2.75) is 112 Å². The van der Waals surface area contributed by atoms with Gasteiger partial charge in [0.2, 0.25) is 0 Å². The number of hydrogen-bond acceptors (Lipinski definition) is 6. The number of pyridine rings is 1. The Morgan fingerprint density at radius 1 is 0.935 bits per heavy atom. The van der Waals surface area contributed by atoms with Gasteiger partial charge in [-0.2, -0.15) is 0 Å². The molecule has 0 spiro atoms. The van der Waals surface area contributed by atoms with E-state index in [0.717, 1.165) is 41.2 Å². The van der Waals surface area contributed by atoms with Crippen LogP contribution in [0.15, 0.2) is 72.1 Å². The highest BCUT2D eigenvalue weighted by Crippen LogP contribution is 2.42. The Balaban J connectivity index is 0.000000269. The van der Waals surface area contributed by atoms with Crippen molar-refractivity contribution in [2.75, 3.05) is 39.0 Å². The fraction of sp³-hybridized carbons (Fsp3) is 0.575. The molecule has 6 heteroatoms. The largest absolute Gasteiger partial charge is 0.506 e. The molecule has 2 saturated heterocycles. The number of benzene rings is 1. The van der Waals surface area contributed by atoms with Crippen LogP contribution in [-0.2, 0) is 6.54 Å². The molecule has 2 fully saturated rings. The zero-order valence-electron chi connectivity index (χ0n) is 30.7. The van der Waals surface area contributed by atoms with E-state index < -0.39 is 0 Å². The average Bonchev–Trinajstić information content (AvgIpc) is 3.05. The van der Waals surface area contributed by atoms with Crippen molar-refractivity contribution in [3.8, 4) is 5.75 Å². The van der Waals surface area contributed by atoms with Crippen LogP contribution in [0.2, 0.25) is 0 Å². The fourth-order valence-electron chi connectivity index (χ4n) is 6.10. The molecule has 3 N–H and O–H groups in total. The van der Waals surface area contributed by atoms with Crippen molar-refractivity contribution in [3.05, 3.63) is 88.9 Å². The van der Waals surface area contributed by atoms with E-state index in [1.807, 2.05) is 14.1 Å². The first kappa shape index (κ1) is 39.2. The maximum Gasteiger partial charge on any atom is 0.138 e. The van der Waals surface area contributed by atoms with Crippen LogP contribution >= 0.6 is 0 Å². The molecular formula is C40H65N5O. The van der Waals surface area contributed by atoms with E-state index >= 15 is 0 Å². The molecule has 1 aromatic heterocycles. The molecule has 3 heterocycles. The molecule has 3 aliphatic rings. The highest BCUT2D eigenvalue weighted by Gasteiger charge is 2.29. The van der Waals surface area contributed by atoms with Crippen LogP contribution in [-0.4, -0.2) is 65.7 Å². The van der Waals surface area contributed by atoms with E-state index in [9.17, 15) is 5.11 Å². The van der Waals surface area contributed by atoms with Crippen LogP contribution in [0.3, 0.4) is 0 Å². The predicted octanol–water partition coefficient (Wildman–Crippen LogP) is 9.02. The van der Waals surface area contributed by atoms with Crippen LogP contribution < -0.4 is 10.6 Å².